The largest absolute Gasteiger partial charge is 0.492 e. The van der Waals surface area contributed by atoms with Crippen molar-refractivity contribution >= 4 is 17.2 Å². The maximum atomic E-state index is 10.1. The summed E-state index contributed by atoms with van der Waals surface area (Å²) in [6, 6.07) is 11.6. The van der Waals surface area contributed by atoms with Gasteiger partial charge in [0.2, 0.25) is 0 Å². The summed E-state index contributed by atoms with van der Waals surface area (Å²) in [5, 5.41) is 10.1. The zero-order valence-electron chi connectivity index (χ0n) is 15.5. The first-order valence-corrected chi connectivity index (χ1v) is 8.90. The minimum atomic E-state index is -0.390. The van der Waals surface area contributed by atoms with E-state index < -0.39 is 0 Å². The van der Waals surface area contributed by atoms with E-state index in [2.05, 4.69) is 4.99 Å². The van der Waals surface area contributed by atoms with Gasteiger partial charge in [-0.15, -0.1) is 0 Å². The second-order valence-corrected chi connectivity index (χ2v) is 6.36. The monoisotopic (exact) mass is 351 g/mol. The molecule has 0 unspecified atom stereocenters. The van der Waals surface area contributed by atoms with Gasteiger partial charge in [0.05, 0.1) is 18.4 Å². The molecular weight excluding hydrogens is 326 g/mol. The summed E-state index contributed by atoms with van der Waals surface area (Å²) in [6.45, 7) is 4.45. The van der Waals surface area contributed by atoms with Crippen LogP contribution in [-0.2, 0) is 6.42 Å². The van der Waals surface area contributed by atoms with Crippen LogP contribution in [0.1, 0.15) is 48.6 Å². The van der Waals surface area contributed by atoms with Crippen molar-refractivity contribution in [3.63, 3.8) is 0 Å². The van der Waals surface area contributed by atoms with Crippen LogP contribution in [0, 0.1) is 0 Å². The molecule has 5 heteroatoms. The molecule has 1 aliphatic carbocycles. The Morgan fingerprint density at radius 1 is 1.31 bits per heavy atom. The Morgan fingerprint density at radius 2 is 2.12 bits per heavy atom. The summed E-state index contributed by atoms with van der Waals surface area (Å²) in [4.78, 5) is 9.13. The number of nitrogen functional groups attached to an aromatic ring is 1. The van der Waals surface area contributed by atoms with Gasteiger partial charge in [-0.05, 0) is 61.6 Å². The average molecular weight is 351 g/mol. The molecule has 26 heavy (non-hydrogen) atoms. The zero-order chi connectivity index (χ0) is 18.7. The second kappa shape index (κ2) is 7.70. The van der Waals surface area contributed by atoms with E-state index in [1.54, 1.807) is 7.05 Å². The molecule has 136 valence electrons. The van der Waals surface area contributed by atoms with E-state index in [0.29, 0.717) is 23.9 Å². The Balaban J connectivity index is 1.94. The van der Waals surface area contributed by atoms with Crippen molar-refractivity contribution in [2.45, 2.75) is 32.8 Å². The van der Waals surface area contributed by atoms with E-state index in [1.807, 2.05) is 50.2 Å². The van der Waals surface area contributed by atoms with Crippen molar-refractivity contribution in [3.05, 3.63) is 58.7 Å². The highest BCUT2D eigenvalue weighted by atomic mass is 16.5. The normalized spacial score (nSPS) is 17.3. The summed E-state index contributed by atoms with van der Waals surface area (Å²) < 4.78 is 5.49. The highest BCUT2D eigenvalue weighted by Crippen LogP contribution is 2.33. The molecule has 0 aliphatic heterocycles. The highest BCUT2D eigenvalue weighted by Gasteiger charge is 2.24. The number of aliphatic hydroxyl groups is 1. The molecule has 0 saturated carbocycles. The number of aliphatic hydroxyl groups excluding tert-OH is 1. The summed E-state index contributed by atoms with van der Waals surface area (Å²) in [6.07, 6.45) is 1.21. The number of aliphatic imine (C=N–C) groups is 2. The molecule has 0 aromatic heterocycles. The van der Waals surface area contributed by atoms with Crippen molar-refractivity contribution in [3.8, 4) is 5.75 Å². The van der Waals surface area contributed by atoms with Crippen LogP contribution in [-0.4, -0.2) is 30.3 Å². The van der Waals surface area contributed by atoms with Gasteiger partial charge in [0, 0.05) is 18.3 Å². The lowest BCUT2D eigenvalue weighted by Gasteiger charge is -2.11. The predicted molar refractivity (Wildman–Crippen MR) is 106 cm³/mol. The summed E-state index contributed by atoms with van der Waals surface area (Å²) in [5.74, 6) is 1.35. The van der Waals surface area contributed by atoms with E-state index in [-0.39, 0.29) is 6.10 Å². The van der Waals surface area contributed by atoms with E-state index in [1.165, 1.54) is 0 Å². The number of hydrogen-bond donors (Lipinski definition) is 2. The summed E-state index contributed by atoms with van der Waals surface area (Å²) >= 11 is 0. The van der Waals surface area contributed by atoms with Crippen LogP contribution >= 0.6 is 0 Å². The molecule has 0 spiro atoms. The Kier molecular flexibility index (Phi) is 5.38. The highest BCUT2D eigenvalue weighted by molar-refractivity contribution is 6.12. The average Bonchev–Trinajstić information content (AvgIpc) is 3.03. The molecule has 1 atom stereocenters. The fourth-order valence-electron chi connectivity index (χ4n) is 3.36. The van der Waals surface area contributed by atoms with Crippen molar-refractivity contribution in [2.75, 3.05) is 19.4 Å². The Hall–Kier alpha value is -2.66. The van der Waals surface area contributed by atoms with Gasteiger partial charge >= 0.3 is 0 Å². The van der Waals surface area contributed by atoms with Crippen LogP contribution < -0.4 is 10.5 Å². The standard InChI is InChI=1S/C21H25N3O2/c1-4-26-20-11-8-14(12-18(20)22)13(2)24-21(23-3)17-7-5-6-16-15(17)9-10-19(16)25/h5-8,11-12,19,25H,4,9-10,22H2,1-3H3/t19-/m0/s1. The zero-order valence-corrected chi connectivity index (χ0v) is 15.5. The molecule has 3 N–H and O–H groups in total. The Bertz CT molecular complexity index is 872. The minimum Gasteiger partial charge on any atom is -0.492 e. The number of amidine groups is 1. The summed E-state index contributed by atoms with van der Waals surface area (Å²) in [5.41, 5.74) is 11.5. The first kappa shape index (κ1) is 18.1. The first-order valence-electron chi connectivity index (χ1n) is 8.90. The van der Waals surface area contributed by atoms with Crippen LogP contribution in [0.5, 0.6) is 5.75 Å². The third kappa shape index (κ3) is 3.48. The van der Waals surface area contributed by atoms with Crippen LogP contribution in [0.25, 0.3) is 0 Å². The molecule has 0 fully saturated rings. The van der Waals surface area contributed by atoms with Gasteiger partial charge in [-0.1, -0.05) is 18.2 Å². The third-order valence-corrected chi connectivity index (χ3v) is 4.69. The molecule has 0 bridgehead atoms. The molecule has 5 nitrogen and oxygen atoms in total. The predicted octanol–water partition coefficient (Wildman–Crippen LogP) is 3.53. The topological polar surface area (TPSA) is 80.2 Å². The Labute approximate surface area is 154 Å². The summed E-state index contributed by atoms with van der Waals surface area (Å²) in [7, 11) is 1.74. The second-order valence-electron chi connectivity index (χ2n) is 6.36. The number of fused-ring (bicyclic) bond motifs is 1. The molecule has 0 radical (unpaired) electrons. The van der Waals surface area contributed by atoms with Gasteiger partial charge < -0.3 is 15.6 Å². The number of anilines is 1. The Morgan fingerprint density at radius 3 is 2.81 bits per heavy atom. The van der Waals surface area contributed by atoms with Gasteiger partial charge in [-0.3, -0.25) is 4.99 Å². The lowest BCUT2D eigenvalue weighted by molar-refractivity contribution is 0.180. The SMILES string of the molecule is CCOc1ccc(C(C)=NC(=NC)c2cccc3c2CC[C@@H]3O)cc1N. The van der Waals surface area contributed by atoms with Crippen LogP contribution in [0.2, 0.25) is 0 Å². The maximum absolute atomic E-state index is 10.1. The number of ether oxygens (including phenoxy) is 1. The number of nitrogens with zero attached hydrogens (tertiary/aromatic N) is 2. The van der Waals surface area contributed by atoms with Crippen LogP contribution in [0.3, 0.4) is 0 Å². The lowest BCUT2D eigenvalue weighted by atomic mass is 10.0. The van der Waals surface area contributed by atoms with Crippen LogP contribution in [0.4, 0.5) is 5.69 Å². The molecule has 0 saturated heterocycles. The molecule has 2 aromatic carbocycles. The lowest BCUT2D eigenvalue weighted by Crippen LogP contribution is -2.07. The van der Waals surface area contributed by atoms with Gasteiger partial charge in [-0.25, -0.2) is 4.99 Å². The molecular formula is C21H25N3O2. The smallest absolute Gasteiger partial charge is 0.154 e. The molecule has 1 aliphatic rings. The first-order chi connectivity index (χ1) is 12.5. The number of hydrogen-bond acceptors (Lipinski definition) is 4. The van der Waals surface area contributed by atoms with Gasteiger partial charge in [0.15, 0.2) is 5.84 Å². The molecule has 3 rings (SSSR count). The van der Waals surface area contributed by atoms with Gasteiger partial charge in [-0.2, -0.15) is 0 Å². The number of rotatable bonds is 4. The molecule has 0 amide bonds. The van der Waals surface area contributed by atoms with Crippen molar-refractivity contribution in [2.24, 2.45) is 9.98 Å². The molecule has 2 aromatic rings. The van der Waals surface area contributed by atoms with E-state index in [9.17, 15) is 5.11 Å². The molecule has 0 heterocycles. The minimum absolute atomic E-state index is 0.390. The van der Waals surface area contributed by atoms with Crippen LogP contribution in [0.15, 0.2) is 46.4 Å². The third-order valence-electron chi connectivity index (χ3n) is 4.69. The van der Waals surface area contributed by atoms with Gasteiger partial charge in [0.1, 0.15) is 5.75 Å². The van der Waals surface area contributed by atoms with Crippen molar-refractivity contribution in [1.82, 2.24) is 0 Å². The fourth-order valence-corrected chi connectivity index (χ4v) is 3.36. The van der Waals surface area contributed by atoms with Crippen molar-refractivity contribution < 1.29 is 9.84 Å². The van der Waals surface area contributed by atoms with Gasteiger partial charge in [0.25, 0.3) is 0 Å². The van der Waals surface area contributed by atoms with E-state index in [0.717, 1.165) is 40.8 Å². The maximum Gasteiger partial charge on any atom is 0.154 e. The quantitative estimate of drug-likeness (QED) is 0.502. The number of benzene rings is 2. The number of nitrogens with two attached hydrogens (primary N) is 1. The van der Waals surface area contributed by atoms with E-state index in [4.69, 9.17) is 15.5 Å². The van der Waals surface area contributed by atoms with E-state index >= 15 is 0 Å². The van der Waals surface area contributed by atoms with Crippen molar-refractivity contribution in [1.29, 1.82) is 0 Å². The fraction of sp³-hybridized carbons (Fsp3) is 0.333.